The smallest absolute Gasteiger partial charge is 0.244 e. The first-order valence-electron chi connectivity index (χ1n) is 8.55. The largest absolute Gasteiger partial charge is 0.368 e. The van der Waals surface area contributed by atoms with E-state index in [1.54, 1.807) is 0 Å². The molecule has 0 saturated carbocycles. The molecule has 2 aromatic carbocycles. The molecule has 0 bridgehead atoms. The summed E-state index contributed by atoms with van der Waals surface area (Å²) in [7, 11) is 0. The van der Waals surface area contributed by atoms with Crippen LogP contribution in [0.15, 0.2) is 41.6 Å². The van der Waals surface area contributed by atoms with Gasteiger partial charge in [0.25, 0.3) is 0 Å². The summed E-state index contributed by atoms with van der Waals surface area (Å²) in [4.78, 5) is 24.2. The molecule has 1 heterocycles. The number of hydrogen-bond acceptors (Lipinski definition) is 6. The van der Waals surface area contributed by atoms with Crippen LogP contribution in [-0.2, 0) is 16.1 Å². The number of carbonyl (C=O) groups is 2. The van der Waals surface area contributed by atoms with Crippen LogP contribution in [0.3, 0.4) is 0 Å². The van der Waals surface area contributed by atoms with Gasteiger partial charge in [0.05, 0.1) is 5.75 Å². The lowest BCUT2D eigenvalue weighted by Crippen LogP contribution is -2.22. The molecule has 0 aliphatic rings. The minimum Gasteiger partial charge on any atom is -0.368 e. The number of carbonyl (C=O) groups excluding carboxylic acids is 2. The number of para-hydroxylation sites is 2. The van der Waals surface area contributed by atoms with Crippen molar-refractivity contribution in [2.24, 2.45) is 0 Å². The molecule has 3 rings (SSSR count). The maximum absolute atomic E-state index is 13.7. The maximum atomic E-state index is 13.7. The topological polar surface area (TPSA) is 115 Å². The molecule has 0 saturated heterocycles. The number of thioether (sulfide) groups is 1. The van der Waals surface area contributed by atoms with E-state index in [9.17, 15) is 27.2 Å². The fourth-order valence-corrected chi connectivity index (χ4v) is 3.16. The first-order chi connectivity index (χ1) is 14.8. The van der Waals surface area contributed by atoms with Crippen LogP contribution in [0, 0.1) is 23.3 Å². The molecule has 8 nitrogen and oxygen atoms in total. The van der Waals surface area contributed by atoms with Crippen molar-refractivity contribution in [3.63, 3.8) is 0 Å². The van der Waals surface area contributed by atoms with Crippen molar-refractivity contribution in [1.29, 1.82) is 0 Å². The van der Waals surface area contributed by atoms with Crippen LogP contribution in [-0.4, -0.2) is 32.3 Å². The molecule has 0 unspecified atom stereocenters. The normalized spacial score (nSPS) is 10.7. The van der Waals surface area contributed by atoms with E-state index in [0.717, 1.165) is 52.7 Å². The number of nitrogens with two attached hydrogens (primary N) is 1. The number of benzene rings is 2. The lowest BCUT2D eigenvalue weighted by molar-refractivity contribution is -0.117. The summed E-state index contributed by atoms with van der Waals surface area (Å²) in [5, 5.41) is 11.5. The molecule has 162 valence electrons. The number of anilines is 3. The summed E-state index contributed by atoms with van der Waals surface area (Å²) in [6, 6.07) is 6.22. The van der Waals surface area contributed by atoms with Crippen LogP contribution in [0.5, 0.6) is 0 Å². The van der Waals surface area contributed by atoms with Gasteiger partial charge in [0.2, 0.25) is 17.8 Å². The Morgan fingerprint density at radius 3 is 1.87 bits per heavy atom. The standard InChI is InChI=1S/C18H14F4N6O2S/c19-9-3-1-4-10(20)15(9)24-13(29)7-28-17(23)26-27-18(28)31-8-14(30)25-16-11(21)5-2-6-12(16)22/h1-6H,7-8H2,(H2,23,26)(H,24,29)(H,25,30). The van der Waals surface area contributed by atoms with Crippen molar-refractivity contribution in [3.05, 3.63) is 59.7 Å². The maximum Gasteiger partial charge on any atom is 0.244 e. The summed E-state index contributed by atoms with van der Waals surface area (Å²) < 4.78 is 55.7. The van der Waals surface area contributed by atoms with Crippen molar-refractivity contribution < 1.29 is 27.2 Å². The predicted molar refractivity (Wildman–Crippen MR) is 105 cm³/mol. The fraction of sp³-hybridized carbons (Fsp3) is 0.111. The van der Waals surface area contributed by atoms with E-state index in [2.05, 4.69) is 20.8 Å². The fourth-order valence-electron chi connectivity index (χ4n) is 2.42. The zero-order chi connectivity index (χ0) is 22.5. The van der Waals surface area contributed by atoms with E-state index in [1.807, 2.05) is 0 Å². The van der Waals surface area contributed by atoms with E-state index in [1.165, 1.54) is 0 Å². The van der Waals surface area contributed by atoms with E-state index in [0.29, 0.717) is 0 Å². The molecule has 0 aliphatic heterocycles. The zero-order valence-corrected chi connectivity index (χ0v) is 16.4. The lowest BCUT2D eigenvalue weighted by atomic mass is 10.3. The Kier molecular flexibility index (Phi) is 6.74. The highest BCUT2D eigenvalue weighted by atomic mass is 32.2. The number of rotatable bonds is 7. The third kappa shape index (κ3) is 5.31. The summed E-state index contributed by atoms with van der Waals surface area (Å²) in [5.41, 5.74) is 4.44. The third-order valence-corrected chi connectivity index (χ3v) is 4.80. The van der Waals surface area contributed by atoms with E-state index in [-0.39, 0.29) is 16.9 Å². The number of hydrogen-bond donors (Lipinski definition) is 3. The Labute approximate surface area is 176 Å². The summed E-state index contributed by atoms with van der Waals surface area (Å²) in [6.07, 6.45) is 0. The number of aromatic nitrogens is 3. The van der Waals surface area contributed by atoms with Crippen LogP contribution in [0.4, 0.5) is 34.9 Å². The van der Waals surface area contributed by atoms with Crippen LogP contribution < -0.4 is 16.4 Å². The van der Waals surface area contributed by atoms with Crippen LogP contribution in [0.25, 0.3) is 0 Å². The predicted octanol–water partition coefficient (Wildman–Crippen LogP) is 2.79. The minimum atomic E-state index is -0.961. The van der Waals surface area contributed by atoms with Gasteiger partial charge in [-0.25, -0.2) is 17.6 Å². The first-order valence-corrected chi connectivity index (χ1v) is 9.54. The van der Waals surface area contributed by atoms with Crippen LogP contribution in [0.1, 0.15) is 0 Å². The molecule has 3 aromatic rings. The summed E-state index contributed by atoms with van der Waals surface area (Å²) in [6.45, 7) is -0.501. The number of halogens is 4. The highest BCUT2D eigenvalue weighted by Crippen LogP contribution is 2.22. The second-order valence-electron chi connectivity index (χ2n) is 6.01. The number of amides is 2. The van der Waals surface area contributed by atoms with Gasteiger partial charge < -0.3 is 16.4 Å². The third-order valence-electron chi connectivity index (χ3n) is 3.83. The first kappa shape index (κ1) is 22.1. The molecule has 0 aliphatic carbocycles. The molecule has 13 heteroatoms. The van der Waals surface area contributed by atoms with Crippen LogP contribution >= 0.6 is 11.8 Å². The molecule has 0 spiro atoms. The van der Waals surface area contributed by atoms with Crippen molar-refractivity contribution in [2.45, 2.75) is 11.7 Å². The van der Waals surface area contributed by atoms with Gasteiger partial charge in [0.1, 0.15) is 41.2 Å². The van der Waals surface area contributed by atoms with Gasteiger partial charge in [-0.05, 0) is 24.3 Å². The van der Waals surface area contributed by atoms with Gasteiger partial charge in [-0.1, -0.05) is 23.9 Å². The van der Waals surface area contributed by atoms with E-state index in [4.69, 9.17) is 5.73 Å². The minimum absolute atomic E-state index is 0.0332. The van der Waals surface area contributed by atoms with Gasteiger partial charge >= 0.3 is 0 Å². The van der Waals surface area contributed by atoms with Crippen LogP contribution in [0.2, 0.25) is 0 Å². The second kappa shape index (κ2) is 9.47. The Morgan fingerprint density at radius 1 is 0.871 bits per heavy atom. The summed E-state index contributed by atoms with van der Waals surface area (Å²) >= 11 is 0.786. The molecule has 4 N–H and O–H groups in total. The average molecular weight is 454 g/mol. The van der Waals surface area contributed by atoms with Gasteiger partial charge in [-0.15, -0.1) is 10.2 Å². The highest BCUT2D eigenvalue weighted by Gasteiger charge is 2.18. The average Bonchev–Trinajstić information content (AvgIpc) is 3.06. The second-order valence-corrected chi connectivity index (χ2v) is 6.95. The summed E-state index contributed by atoms with van der Waals surface area (Å²) in [5.74, 6) is -5.91. The molecule has 1 aromatic heterocycles. The molecule has 2 amide bonds. The molecule has 0 radical (unpaired) electrons. The zero-order valence-electron chi connectivity index (χ0n) is 15.5. The van der Waals surface area contributed by atoms with Gasteiger partial charge in [0, 0.05) is 0 Å². The lowest BCUT2D eigenvalue weighted by Gasteiger charge is -2.10. The quantitative estimate of drug-likeness (QED) is 0.374. The molecule has 31 heavy (non-hydrogen) atoms. The highest BCUT2D eigenvalue weighted by molar-refractivity contribution is 7.99. The SMILES string of the molecule is Nc1nnc(SCC(=O)Nc2c(F)cccc2F)n1CC(=O)Nc1c(F)cccc1F. The van der Waals surface area contributed by atoms with Crippen molar-refractivity contribution >= 4 is 40.9 Å². The van der Waals surface area contributed by atoms with Gasteiger partial charge in [0.15, 0.2) is 5.16 Å². The molecule has 0 fully saturated rings. The van der Waals surface area contributed by atoms with E-state index < -0.39 is 53.0 Å². The van der Waals surface area contributed by atoms with Crippen molar-refractivity contribution in [3.8, 4) is 0 Å². The molecule has 0 atom stereocenters. The monoisotopic (exact) mass is 454 g/mol. The number of nitrogen functional groups attached to an aromatic ring is 1. The Hall–Kier alpha value is -3.61. The molecular weight excluding hydrogens is 440 g/mol. The van der Waals surface area contributed by atoms with Gasteiger partial charge in [-0.3, -0.25) is 14.2 Å². The molecular formula is C18H14F4N6O2S. The Balaban J connectivity index is 1.64. The Morgan fingerprint density at radius 2 is 1.35 bits per heavy atom. The Bertz CT molecular complexity index is 1100. The van der Waals surface area contributed by atoms with Crippen molar-refractivity contribution in [1.82, 2.24) is 14.8 Å². The van der Waals surface area contributed by atoms with Crippen molar-refractivity contribution in [2.75, 3.05) is 22.1 Å². The van der Waals surface area contributed by atoms with Gasteiger partial charge in [-0.2, -0.15) is 0 Å². The number of nitrogens with zero attached hydrogens (tertiary/aromatic N) is 3. The number of nitrogens with one attached hydrogen (secondary N) is 2. The van der Waals surface area contributed by atoms with E-state index >= 15 is 0 Å².